The van der Waals surface area contributed by atoms with Gasteiger partial charge in [0.25, 0.3) is 5.91 Å². The molecule has 2 aromatic rings. The minimum atomic E-state index is -0.286. The minimum Gasteiger partial charge on any atom is -0.508 e. The van der Waals surface area contributed by atoms with E-state index in [1.165, 1.54) is 0 Å². The maximum atomic E-state index is 12.8. The number of hydrogen-bond acceptors (Lipinski definition) is 6. The number of benzene rings is 2. The van der Waals surface area contributed by atoms with Crippen molar-refractivity contribution in [3.63, 3.8) is 0 Å². The van der Waals surface area contributed by atoms with Gasteiger partial charge in [-0.05, 0) is 74.3 Å². The van der Waals surface area contributed by atoms with Gasteiger partial charge in [0.2, 0.25) is 0 Å². The lowest BCUT2D eigenvalue weighted by Crippen LogP contribution is -2.57. The first-order valence-corrected chi connectivity index (χ1v) is 10.5. The van der Waals surface area contributed by atoms with Crippen LogP contribution in [0.4, 0.5) is 0 Å². The van der Waals surface area contributed by atoms with E-state index in [1.807, 2.05) is 0 Å². The Morgan fingerprint density at radius 2 is 1.93 bits per heavy atom. The second-order valence-corrected chi connectivity index (χ2v) is 8.24. The summed E-state index contributed by atoms with van der Waals surface area (Å²) < 4.78 is 17.5. The Kier molecular flexibility index (Phi) is 5.12. The SMILES string of the molecule is O=C(N[C@H]1CN2CCC1CC2)c1ccc2c(c1)O[C@H](COc1ccc(O)cc1)CO2. The highest BCUT2D eigenvalue weighted by Gasteiger charge is 2.35. The van der Waals surface area contributed by atoms with Gasteiger partial charge in [0, 0.05) is 18.2 Å². The van der Waals surface area contributed by atoms with E-state index in [1.54, 1.807) is 42.5 Å². The molecule has 30 heavy (non-hydrogen) atoms. The second-order valence-electron chi connectivity index (χ2n) is 8.24. The molecule has 0 saturated carbocycles. The van der Waals surface area contributed by atoms with Gasteiger partial charge in [0.1, 0.15) is 24.7 Å². The van der Waals surface area contributed by atoms with Gasteiger partial charge in [-0.25, -0.2) is 0 Å². The molecule has 4 heterocycles. The molecule has 2 aromatic carbocycles. The predicted molar refractivity (Wildman–Crippen MR) is 110 cm³/mol. The molecular weight excluding hydrogens is 384 g/mol. The predicted octanol–water partition coefficient (Wildman–Crippen LogP) is 2.44. The van der Waals surface area contributed by atoms with Crippen molar-refractivity contribution >= 4 is 5.91 Å². The number of ether oxygens (including phenoxy) is 3. The van der Waals surface area contributed by atoms with Crippen LogP contribution >= 0.6 is 0 Å². The first-order valence-electron chi connectivity index (χ1n) is 10.5. The zero-order valence-electron chi connectivity index (χ0n) is 16.8. The molecule has 0 unspecified atom stereocenters. The molecule has 2 N–H and O–H groups in total. The number of phenolic OH excluding ortho intramolecular Hbond substituents is 1. The normalized spacial score (nSPS) is 26.8. The first kappa shape index (κ1) is 19.1. The largest absolute Gasteiger partial charge is 0.508 e. The Morgan fingerprint density at radius 3 is 2.67 bits per heavy atom. The summed E-state index contributed by atoms with van der Waals surface area (Å²) in [6, 6.07) is 12.1. The number of amides is 1. The smallest absolute Gasteiger partial charge is 0.251 e. The summed E-state index contributed by atoms with van der Waals surface area (Å²) >= 11 is 0. The summed E-state index contributed by atoms with van der Waals surface area (Å²) in [6.07, 6.45) is 2.04. The first-order chi connectivity index (χ1) is 14.6. The van der Waals surface area contributed by atoms with Gasteiger partial charge in [-0.1, -0.05) is 0 Å². The molecule has 0 spiro atoms. The van der Waals surface area contributed by atoms with Gasteiger partial charge in [0.05, 0.1) is 0 Å². The van der Waals surface area contributed by atoms with Crippen LogP contribution in [0.3, 0.4) is 0 Å². The number of piperidine rings is 3. The highest BCUT2D eigenvalue weighted by Crippen LogP contribution is 2.33. The van der Waals surface area contributed by atoms with Crippen LogP contribution in [0.1, 0.15) is 23.2 Å². The summed E-state index contributed by atoms with van der Waals surface area (Å²) in [5.74, 6) is 2.54. The third kappa shape index (κ3) is 4.03. The Hall–Kier alpha value is -2.93. The Bertz CT molecular complexity index is 908. The van der Waals surface area contributed by atoms with E-state index < -0.39 is 0 Å². The summed E-state index contributed by atoms with van der Waals surface area (Å²) in [5.41, 5.74) is 0.578. The molecule has 0 aliphatic carbocycles. The van der Waals surface area contributed by atoms with Crippen molar-refractivity contribution in [2.24, 2.45) is 5.92 Å². The number of carbonyl (C=O) groups is 1. The number of phenols is 1. The Labute approximate surface area is 175 Å². The van der Waals surface area contributed by atoms with Gasteiger partial charge >= 0.3 is 0 Å². The molecule has 3 saturated heterocycles. The van der Waals surface area contributed by atoms with Crippen molar-refractivity contribution in [2.45, 2.75) is 25.0 Å². The van der Waals surface area contributed by atoms with Crippen molar-refractivity contribution in [3.05, 3.63) is 48.0 Å². The summed E-state index contributed by atoms with van der Waals surface area (Å²) in [5, 5.41) is 12.6. The summed E-state index contributed by atoms with van der Waals surface area (Å²) in [4.78, 5) is 15.2. The molecule has 0 radical (unpaired) electrons. The van der Waals surface area contributed by atoms with Crippen LogP contribution in [0.2, 0.25) is 0 Å². The van der Waals surface area contributed by atoms with Crippen LogP contribution in [0.15, 0.2) is 42.5 Å². The maximum absolute atomic E-state index is 12.8. The van der Waals surface area contributed by atoms with E-state index in [9.17, 15) is 9.90 Å². The molecule has 2 atom stereocenters. The Balaban J connectivity index is 1.21. The molecule has 2 bridgehead atoms. The molecule has 4 aliphatic heterocycles. The van der Waals surface area contributed by atoms with Gasteiger partial charge in [-0.15, -0.1) is 0 Å². The highest BCUT2D eigenvalue weighted by molar-refractivity contribution is 5.95. The number of hydrogen-bond donors (Lipinski definition) is 2. The molecule has 7 heteroatoms. The van der Waals surface area contributed by atoms with Crippen LogP contribution in [-0.2, 0) is 0 Å². The van der Waals surface area contributed by atoms with Gasteiger partial charge in [-0.2, -0.15) is 0 Å². The molecule has 3 fully saturated rings. The average Bonchev–Trinajstić information content (AvgIpc) is 2.79. The number of fused-ring (bicyclic) bond motifs is 4. The van der Waals surface area contributed by atoms with Crippen molar-refractivity contribution < 1.29 is 24.1 Å². The molecular formula is C23H26N2O5. The lowest BCUT2D eigenvalue weighted by atomic mass is 9.84. The number of rotatable bonds is 5. The molecule has 0 aromatic heterocycles. The molecule has 7 nitrogen and oxygen atoms in total. The molecule has 6 rings (SSSR count). The number of nitrogens with one attached hydrogen (secondary N) is 1. The lowest BCUT2D eigenvalue weighted by Gasteiger charge is -2.44. The van der Waals surface area contributed by atoms with Crippen molar-refractivity contribution in [2.75, 3.05) is 32.8 Å². The number of nitrogens with zero attached hydrogens (tertiary/aromatic N) is 1. The Morgan fingerprint density at radius 1 is 1.13 bits per heavy atom. The standard InChI is InChI=1S/C23H26N2O5/c26-17-2-4-18(5-3-17)28-13-19-14-29-21-6-1-16(11-22(21)30-19)23(27)24-20-12-25-9-7-15(20)8-10-25/h1-6,11,15,19-20,26H,7-10,12-14H2,(H,24,27)/t19-,20+/m1/s1. The van der Waals surface area contributed by atoms with E-state index in [2.05, 4.69) is 10.2 Å². The monoisotopic (exact) mass is 410 g/mol. The van der Waals surface area contributed by atoms with Crippen molar-refractivity contribution in [1.82, 2.24) is 10.2 Å². The summed E-state index contributed by atoms with van der Waals surface area (Å²) in [7, 11) is 0. The maximum Gasteiger partial charge on any atom is 0.251 e. The quantitative estimate of drug-likeness (QED) is 0.788. The van der Waals surface area contributed by atoms with Crippen LogP contribution in [0.25, 0.3) is 0 Å². The van der Waals surface area contributed by atoms with Crippen LogP contribution < -0.4 is 19.5 Å². The third-order valence-electron chi connectivity index (χ3n) is 6.17. The molecule has 4 aliphatic rings. The highest BCUT2D eigenvalue weighted by atomic mass is 16.6. The number of carbonyl (C=O) groups excluding carboxylic acids is 1. The van der Waals surface area contributed by atoms with Gasteiger partial charge in [0.15, 0.2) is 17.6 Å². The van der Waals surface area contributed by atoms with Gasteiger partial charge in [-0.3, -0.25) is 4.79 Å². The fraction of sp³-hybridized carbons (Fsp3) is 0.435. The van der Waals surface area contributed by atoms with Crippen molar-refractivity contribution in [1.29, 1.82) is 0 Å². The number of aromatic hydroxyl groups is 1. The second kappa shape index (κ2) is 8.07. The fourth-order valence-electron chi connectivity index (χ4n) is 4.45. The summed E-state index contributed by atoms with van der Waals surface area (Å²) in [6.45, 7) is 3.91. The van der Waals surface area contributed by atoms with Crippen LogP contribution in [-0.4, -0.2) is 60.9 Å². The van der Waals surface area contributed by atoms with Crippen molar-refractivity contribution in [3.8, 4) is 23.0 Å². The zero-order chi connectivity index (χ0) is 20.5. The fourth-order valence-corrected chi connectivity index (χ4v) is 4.45. The van der Waals surface area contributed by atoms with Crippen LogP contribution in [0.5, 0.6) is 23.0 Å². The van der Waals surface area contributed by atoms with E-state index >= 15 is 0 Å². The lowest BCUT2D eigenvalue weighted by molar-refractivity contribution is 0.0530. The van der Waals surface area contributed by atoms with E-state index in [0.717, 1.165) is 32.5 Å². The zero-order valence-corrected chi connectivity index (χ0v) is 16.8. The van der Waals surface area contributed by atoms with E-state index in [-0.39, 0.29) is 23.8 Å². The average molecular weight is 410 g/mol. The minimum absolute atomic E-state index is 0.0670. The van der Waals surface area contributed by atoms with E-state index in [0.29, 0.717) is 41.9 Å². The molecule has 158 valence electrons. The van der Waals surface area contributed by atoms with E-state index in [4.69, 9.17) is 14.2 Å². The molecule has 1 amide bonds. The third-order valence-corrected chi connectivity index (χ3v) is 6.17. The van der Waals surface area contributed by atoms with Crippen LogP contribution in [0, 0.1) is 5.92 Å². The van der Waals surface area contributed by atoms with Gasteiger partial charge < -0.3 is 29.5 Å². The topological polar surface area (TPSA) is 80.3 Å².